The minimum absolute atomic E-state index is 0.0979. The van der Waals surface area contributed by atoms with Crippen molar-refractivity contribution < 1.29 is 57.6 Å². The molecule has 0 bridgehead atoms. The Bertz CT molecular complexity index is 1910. The molecule has 58 heavy (non-hydrogen) atoms. The van der Waals surface area contributed by atoms with Gasteiger partial charge in [0, 0.05) is 63.4 Å². The topological polar surface area (TPSA) is 141 Å². The predicted octanol–water partition coefficient (Wildman–Crippen LogP) is 8.16. The van der Waals surface area contributed by atoms with Crippen LogP contribution in [-0.4, -0.2) is 78.4 Å². The van der Waals surface area contributed by atoms with Gasteiger partial charge in [0.1, 0.15) is 34.5 Å². The highest BCUT2D eigenvalue weighted by molar-refractivity contribution is 5.89. The number of aliphatic hydroxyl groups is 1. The number of phenols is 1. The number of hydrogen-bond donors (Lipinski definition) is 2. The number of carbonyl (C=O) groups excluding carboxylic acids is 1. The number of aliphatic hydroxyl groups excluding tert-OH is 1. The number of rotatable bonds is 21. The van der Waals surface area contributed by atoms with Gasteiger partial charge in [0.2, 0.25) is 0 Å². The fourth-order valence-electron chi connectivity index (χ4n) is 7.03. The van der Waals surface area contributed by atoms with Gasteiger partial charge in [-0.25, -0.2) is 0 Å². The second-order valence-corrected chi connectivity index (χ2v) is 14.0. The molecule has 0 amide bonds. The van der Waals surface area contributed by atoms with Crippen LogP contribution in [-0.2, 0) is 34.6 Å². The van der Waals surface area contributed by atoms with Gasteiger partial charge in [-0.3, -0.25) is 4.79 Å². The lowest BCUT2D eigenvalue weighted by Crippen LogP contribution is -2.45. The number of aromatic hydroxyl groups is 1. The van der Waals surface area contributed by atoms with Crippen LogP contribution < -0.4 is 23.7 Å². The number of phenolic OH excluding ortho intramolecular Hbond substituents is 1. The molecule has 0 aromatic heterocycles. The van der Waals surface area contributed by atoms with Crippen molar-refractivity contribution in [1.29, 1.82) is 0 Å². The number of carbonyl (C=O) groups is 1. The molecular formula is C46H56O12. The summed E-state index contributed by atoms with van der Waals surface area (Å²) in [4.78, 5) is 13.2. The number of hydrogen-bond acceptors (Lipinski definition) is 12. The van der Waals surface area contributed by atoms with Crippen molar-refractivity contribution in [1.82, 2.24) is 0 Å². The molecular weight excluding hydrogens is 744 g/mol. The minimum Gasteiger partial charge on any atom is -0.508 e. The molecule has 4 atom stereocenters. The number of benzene rings is 4. The Hall–Kier alpha value is -5.37. The van der Waals surface area contributed by atoms with Gasteiger partial charge < -0.3 is 52.8 Å². The van der Waals surface area contributed by atoms with Gasteiger partial charge in [-0.05, 0) is 72.9 Å². The summed E-state index contributed by atoms with van der Waals surface area (Å²) in [6.07, 6.45) is 4.82. The molecule has 1 aliphatic rings. The maximum atomic E-state index is 13.2. The van der Waals surface area contributed by atoms with Crippen LogP contribution in [0.15, 0.2) is 110 Å². The summed E-state index contributed by atoms with van der Waals surface area (Å²) < 4.78 is 47.2. The van der Waals surface area contributed by atoms with Gasteiger partial charge >= 0.3 is 5.97 Å². The van der Waals surface area contributed by atoms with Crippen molar-refractivity contribution in [2.75, 3.05) is 62.2 Å². The van der Waals surface area contributed by atoms with E-state index in [0.717, 1.165) is 16.7 Å². The van der Waals surface area contributed by atoms with E-state index in [9.17, 15) is 15.0 Å². The molecule has 0 saturated carbocycles. The summed E-state index contributed by atoms with van der Waals surface area (Å²) in [5.41, 5.74) is 1.92. The maximum Gasteiger partial charge on any atom is 0.322 e. The Morgan fingerprint density at radius 1 is 0.741 bits per heavy atom. The lowest BCUT2D eigenvalue weighted by atomic mass is 9.66. The van der Waals surface area contributed by atoms with Crippen LogP contribution in [0, 0.1) is 0 Å². The van der Waals surface area contributed by atoms with E-state index in [1.54, 1.807) is 45.6 Å². The van der Waals surface area contributed by atoms with Gasteiger partial charge in [-0.2, -0.15) is 0 Å². The largest absolute Gasteiger partial charge is 0.508 e. The molecule has 2 unspecified atom stereocenters. The summed E-state index contributed by atoms with van der Waals surface area (Å²) in [5, 5.41) is 21.0. The predicted molar refractivity (Wildman–Crippen MR) is 220 cm³/mol. The average molecular weight is 801 g/mol. The summed E-state index contributed by atoms with van der Waals surface area (Å²) in [7, 11) is 6.22. The molecule has 0 aliphatic carbocycles. The molecule has 4 aromatic carbocycles. The number of esters is 1. The van der Waals surface area contributed by atoms with Crippen LogP contribution in [0.2, 0.25) is 0 Å². The van der Waals surface area contributed by atoms with Crippen molar-refractivity contribution >= 4 is 5.97 Å². The van der Waals surface area contributed by atoms with E-state index in [1.165, 1.54) is 7.11 Å². The van der Waals surface area contributed by atoms with Crippen molar-refractivity contribution in [2.24, 2.45) is 0 Å². The second-order valence-electron chi connectivity index (χ2n) is 14.0. The Morgan fingerprint density at radius 3 is 1.74 bits per heavy atom. The SMILES string of the molecule is C=CCC(c1ccc(OCOC)cc1O)[C@@](C)(CO)c1ccc(OCOC)cc1.C=CCC1c2ccc(OCOC)cc2OC(=O)[C@@]1(C)c1ccc(OCOC)cc1. The van der Waals surface area contributed by atoms with E-state index >= 15 is 0 Å². The molecule has 12 nitrogen and oxygen atoms in total. The van der Waals surface area contributed by atoms with Crippen LogP contribution in [0.1, 0.15) is 60.8 Å². The summed E-state index contributed by atoms with van der Waals surface area (Å²) in [5.74, 6) is 2.41. The van der Waals surface area contributed by atoms with Gasteiger partial charge in [0.15, 0.2) is 27.2 Å². The van der Waals surface area contributed by atoms with E-state index in [-0.39, 0.29) is 57.3 Å². The molecule has 0 saturated heterocycles. The first-order valence-corrected chi connectivity index (χ1v) is 18.7. The molecule has 0 radical (unpaired) electrons. The lowest BCUT2D eigenvalue weighted by Gasteiger charge is -2.40. The highest BCUT2D eigenvalue weighted by atomic mass is 16.7. The summed E-state index contributed by atoms with van der Waals surface area (Å²) >= 11 is 0. The highest BCUT2D eigenvalue weighted by Crippen LogP contribution is 2.50. The molecule has 0 fully saturated rings. The first kappa shape index (κ1) is 45.3. The normalized spacial score (nSPS) is 17.3. The Labute approximate surface area is 341 Å². The molecule has 2 N–H and O–H groups in total. The Kier molecular flexibility index (Phi) is 17.2. The number of methoxy groups -OCH3 is 4. The molecule has 5 rings (SSSR count). The average Bonchev–Trinajstić information content (AvgIpc) is 3.24. The zero-order chi connectivity index (χ0) is 42.1. The van der Waals surface area contributed by atoms with Crippen LogP contribution in [0.3, 0.4) is 0 Å². The fourth-order valence-corrected chi connectivity index (χ4v) is 7.03. The second kappa shape index (κ2) is 22.0. The molecule has 0 spiro atoms. The molecule has 4 aromatic rings. The summed E-state index contributed by atoms with van der Waals surface area (Å²) in [6.45, 7) is 12.1. The first-order valence-electron chi connectivity index (χ1n) is 18.7. The Balaban J connectivity index is 0.000000257. The van der Waals surface area contributed by atoms with Crippen molar-refractivity contribution in [3.63, 3.8) is 0 Å². The van der Waals surface area contributed by atoms with Gasteiger partial charge in [-0.1, -0.05) is 55.5 Å². The first-order chi connectivity index (χ1) is 28.0. The van der Waals surface area contributed by atoms with Crippen molar-refractivity contribution in [2.45, 2.75) is 49.4 Å². The third kappa shape index (κ3) is 10.8. The zero-order valence-electron chi connectivity index (χ0n) is 34.2. The van der Waals surface area contributed by atoms with Crippen LogP contribution in [0.5, 0.6) is 34.5 Å². The van der Waals surface area contributed by atoms with E-state index in [0.29, 0.717) is 47.2 Å². The minimum atomic E-state index is -0.865. The third-order valence-corrected chi connectivity index (χ3v) is 10.3. The number of fused-ring (bicyclic) bond motifs is 1. The van der Waals surface area contributed by atoms with Gasteiger partial charge in [0.25, 0.3) is 0 Å². The monoisotopic (exact) mass is 800 g/mol. The van der Waals surface area contributed by atoms with E-state index in [4.69, 9.17) is 42.6 Å². The molecule has 1 heterocycles. The zero-order valence-corrected chi connectivity index (χ0v) is 34.2. The molecule has 1 aliphatic heterocycles. The standard InChI is InChI=1S/C23H26O6.C23H30O6/c1-5-6-20-19-12-11-18(28-15-26-4)13-21(19)29-22(24)23(20,2)16-7-9-17(10-8-16)27-14-25-3;1-5-6-21(20-12-11-19(13-22(20)25)29-16-27-4)23(2,14-24)17-7-9-18(10-8-17)28-15-26-3/h5,7-13,20H,1,6,14-15H2,2-4H3;5,7-13,21,24-25H,1,6,14-16H2,2-4H3/t20?,23-;21?,23-/m00/s1. The molecule has 312 valence electrons. The number of allylic oxidation sites excluding steroid dienone is 2. The third-order valence-electron chi connectivity index (χ3n) is 10.3. The lowest BCUT2D eigenvalue weighted by molar-refractivity contribution is -0.143. The van der Waals surface area contributed by atoms with Crippen LogP contribution in [0.4, 0.5) is 0 Å². The smallest absolute Gasteiger partial charge is 0.322 e. The van der Waals surface area contributed by atoms with E-state index in [1.807, 2.05) is 86.7 Å². The summed E-state index contributed by atoms with van der Waals surface area (Å²) in [6, 6.07) is 25.6. The Morgan fingerprint density at radius 2 is 1.24 bits per heavy atom. The van der Waals surface area contributed by atoms with E-state index in [2.05, 4.69) is 13.2 Å². The van der Waals surface area contributed by atoms with Crippen LogP contribution in [0.25, 0.3) is 0 Å². The van der Waals surface area contributed by atoms with Crippen LogP contribution >= 0.6 is 0 Å². The van der Waals surface area contributed by atoms with Gasteiger partial charge in [-0.15, -0.1) is 13.2 Å². The fraction of sp³-hybridized carbons (Fsp3) is 0.370. The molecule has 12 heteroatoms. The quantitative estimate of drug-likeness (QED) is 0.0364. The van der Waals surface area contributed by atoms with E-state index < -0.39 is 10.8 Å². The highest BCUT2D eigenvalue weighted by Gasteiger charge is 2.49. The van der Waals surface area contributed by atoms with Gasteiger partial charge in [0.05, 0.1) is 12.0 Å². The van der Waals surface area contributed by atoms with Crippen molar-refractivity contribution in [3.8, 4) is 34.5 Å². The maximum absolute atomic E-state index is 13.2. The van der Waals surface area contributed by atoms with Crippen molar-refractivity contribution in [3.05, 3.63) is 132 Å². The number of ether oxygens (including phenoxy) is 9.